The molecule has 0 bridgehead atoms. The van der Waals surface area contributed by atoms with Crippen LogP contribution < -0.4 is 0 Å². The van der Waals surface area contributed by atoms with E-state index in [0.717, 1.165) is 6.42 Å². The molecule has 0 aliphatic carbocycles. The second kappa shape index (κ2) is 6.16. The Morgan fingerprint density at radius 3 is 2.55 bits per heavy atom. The van der Waals surface area contributed by atoms with Crippen LogP contribution in [0.3, 0.4) is 0 Å². The fourth-order valence-corrected chi connectivity index (χ4v) is 0.581. The van der Waals surface area contributed by atoms with E-state index in [4.69, 9.17) is 9.84 Å². The molecule has 0 heterocycles. The molecule has 0 aromatic rings. The van der Waals surface area contributed by atoms with Crippen LogP contribution in [0.25, 0.3) is 0 Å². The van der Waals surface area contributed by atoms with Gasteiger partial charge in [0, 0.05) is 6.61 Å². The van der Waals surface area contributed by atoms with Crippen molar-refractivity contribution in [2.24, 2.45) is 5.92 Å². The fraction of sp³-hybridized carbons (Fsp3) is 0.875. The van der Waals surface area contributed by atoms with Crippen molar-refractivity contribution in [2.45, 2.75) is 26.7 Å². The predicted octanol–water partition coefficient (Wildman–Crippen LogP) is 1.52. The summed E-state index contributed by atoms with van der Waals surface area (Å²) >= 11 is 0. The molecule has 3 heteroatoms. The number of rotatable bonds is 6. The van der Waals surface area contributed by atoms with Crippen LogP contribution in [-0.4, -0.2) is 24.3 Å². The first-order valence-electron chi connectivity index (χ1n) is 3.92. The third-order valence-electron chi connectivity index (χ3n) is 1.30. The largest absolute Gasteiger partial charge is 0.481 e. The zero-order valence-corrected chi connectivity index (χ0v) is 7.17. The van der Waals surface area contributed by atoms with Crippen LogP contribution >= 0.6 is 0 Å². The maximum absolute atomic E-state index is 10.0. The van der Waals surface area contributed by atoms with Crippen molar-refractivity contribution >= 4 is 5.97 Å². The quantitative estimate of drug-likeness (QED) is 0.599. The van der Waals surface area contributed by atoms with Crippen molar-refractivity contribution in [3.63, 3.8) is 0 Å². The van der Waals surface area contributed by atoms with Crippen molar-refractivity contribution in [1.82, 2.24) is 0 Å². The second-order valence-electron chi connectivity index (χ2n) is 2.94. The van der Waals surface area contributed by atoms with Crippen molar-refractivity contribution in [2.75, 3.05) is 13.2 Å². The van der Waals surface area contributed by atoms with Gasteiger partial charge in [-0.1, -0.05) is 13.8 Å². The highest BCUT2D eigenvalue weighted by Gasteiger charge is 1.97. The van der Waals surface area contributed by atoms with E-state index in [0.29, 0.717) is 19.1 Å². The van der Waals surface area contributed by atoms with Crippen LogP contribution in [0.5, 0.6) is 0 Å². The molecule has 0 radical (unpaired) electrons. The number of hydrogen-bond donors (Lipinski definition) is 1. The fourth-order valence-electron chi connectivity index (χ4n) is 0.581. The highest BCUT2D eigenvalue weighted by molar-refractivity contribution is 5.66. The van der Waals surface area contributed by atoms with E-state index in [2.05, 4.69) is 13.8 Å². The van der Waals surface area contributed by atoms with Gasteiger partial charge >= 0.3 is 5.97 Å². The molecule has 11 heavy (non-hydrogen) atoms. The molecule has 3 nitrogen and oxygen atoms in total. The van der Waals surface area contributed by atoms with Crippen LogP contribution in [0.4, 0.5) is 0 Å². The minimum atomic E-state index is -0.797. The normalized spacial score (nSPS) is 10.5. The monoisotopic (exact) mass is 160 g/mol. The summed E-state index contributed by atoms with van der Waals surface area (Å²) in [5, 5.41) is 8.24. The summed E-state index contributed by atoms with van der Waals surface area (Å²) in [6.07, 6.45) is 1.11. The Labute approximate surface area is 67.4 Å². The molecule has 66 valence electrons. The van der Waals surface area contributed by atoms with Gasteiger partial charge in [-0.15, -0.1) is 0 Å². The lowest BCUT2D eigenvalue weighted by molar-refractivity contribution is -0.138. The van der Waals surface area contributed by atoms with E-state index in [1.54, 1.807) is 0 Å². The van der Waals surface area contributed by atoms with Crippen LogP contribution in [0.15, 0.2) is 0 Å². The van der Waals surface area contributed by atoms with Gasteiger partial charge in [0.25, 0.3) is 0 Å². The van der Waals surface area contributed by atoms with Crippen LogP contribution in [0.1, 0.15) is 26.7 Å². The van der Waals surface area contributed by atoms with Gasteiger partial charge in [0.05, 0.1) is 13.0 Å². The Morgan fingerprint density at radius 1 is 1.45 bits per heavy atom. The molecule has 0 amide bonds. The molecule has 0 aliphatic heterocycles. The summed E-state index contributed by atoms with van der Waals surface area (Å²) in [6.45, 7) is 5.23. The first kappa shape index (κ1) is 10.4. The zero-order valence-electron chi connectivity index (χ0n) is 7.17. The van der Waals surface area contributed by atoms with Crippen molar-refractivity contribution in [1.29, 1.82) is 0 Å². The Hall–Kier alpha value is -0.570. The van der Waals surface area contributed by atoms with E-state index < -0.39 is 5.97 Å². The predicted molar refractivity (Wildman–Crippen MR) is 42.5 cm³/mol. The molecular formula is C8H16O3. The second-order valence-corrected chi connectivity index (χ2v) is 2.94. The molecule has 0 fully saturated rings. The Kier molecular flexibility index (Phi) is 5.84. The average Bonchev–Trinajstić information content (AvgIpc) is 1.85. The van der Waals surface area contributed by atoms with Gasteiger partial charge < -0.3 is 9.84 Å². The summed E-state index contributed by atoms with van der Waals surface area (Å²) in [4.78, 5) is 10.0. The summed E-state index contributed by atoms with van der Waals surface area (Å²) in [5.74, 6) is -0.172. The number of aliphatic carboxylic acids is 1. The first-order valence-corrected chi connectivity index (χ1v) is 3.92. The van der Waals surface area contributed by atoms with E-state index in [-0.39, 0.29) is 6.42 Å². The highest BCUT2D eigenvalue weighted by Crippen LogP contribution is 1.98. The summed E-state index contributed by atoms with van der Waals surface area (Å²) in [5.41, 5.74) is 0. The number of carboxylic acids is 1. The molecule has 0 aromatic carbocycles. The third kappa shape index (κ3) is 9.43. The van der Waals surface area contributed by atoms with Gasteiger partial charge in [-0.25, -0.2) is 0 Å². The third-order valence-corrected chi connectivity index (χ3v) is 1.30. The SMILES string of the molecule is CC(C)CCOCCC(=O)O. The van der Waals surface area contributed by atoms with Gasteiger partial charge in [0.15, 0.2) is 0 Å². The molecule has 0 aliphatic rings. The molecule has 0 atom stereocenters. The summed E-state index contributed by atoms with van der Waals surface area (Å²) in [6, 6.07) is 0. The number of hydrogen-bond acceptors (Lipinski definition) is 2. The lowest BCUT2D eigenvalue weighted by Crippen LogP contribution is -2.05. The highest BCUT2D eigenvalue weighted by atomic mass is 16.5. The standard InChI is InChI=1S/C8H16O3/c1-7(2)3-5-11-6-4-8(9)10/h7H,3-6H2,1-2H3,(H,9,10). The smallest absolute Gasteiger partial charge is 0.305 e. The average molecular weight is 160 g/mol. The molecule has 0 saturated heterocycles. The summed E-state index contributed by atoms with van der Waals surface area (Å²) in [7, 11) is 0. The number of ether oxygens (including phenoxy) is 1. The van der Waals surface area contributed by atoms with Gasteiger partial charge in [0.1, 0.15) is 0 Å². The lowest BCUT2D eigenvalue weighted by Gasteiger charge is -2.04. The number of carbonyl (C=O) groups is 1. The molecule has 0 unspecified atom stereocenters. The Bertz CT molecular complexity index is 110. The van der Waals surface area contributed by atoms with E-state index in [1.165, 1.54) is 0 Å². The zero-order chi connectivity index (χ0) is 8.69. The topological polar surface area (TPSA) is 46.5 Å². The van der Waals surface area contributed by atoms with Crippen molar-refractivity contribution in [3.8, 4) is 0 Å². The minimum absolute atomic E-state index is 0.109. The molecule has 0 spiro atoms. The van der Waals surface area contributed by atoms with Crippen LogP contribution in [0.2, 0.25) is 0 Å². The van der Waals surface area contributed by atoms with Crippen LogP contribution in [-0.2, 0) is 9.53 Å². The van der Waals surface area contributed by atoms with Crippen molar-refractivity contribution in [3.05, 3.63) is 0 Å². The molecular weight excluding hydrogens is 144 g/mol. The maximum atomic E-state index is 10.0. The first-order chi connectivity index (χ1) is 5.13. The van der Waals surface area contributed by atoms with Gasteiger partial charge in [0.2, 0.25) is 0 Å². The molecule has 0 saturated carbocycles. The van der Waals surface area contributed by atoms with Crippen LogP contribution in [0, 0.1) is 5.92 Å². The van der Waals surface area contributed by atoms with E-state index in [1.807, 2.05) is 0 Å². The van der Waals surface area contributed by atoms with Gasteiger partial charge in [-0.05, 0) is 12.3 Å². The van der Waals surface area contributed by atoms with Gasteiger partial charge in [-0.2, -0.15) is 0 Å². The maximum Gasteiger partial charge on any atom is 0.305 e. The molecule has 0 aromatic heterocycles. The lowest BCUT2D eigenvalue weighted by atomic mass is 10.1. The molecule has 1 N–H and O–H groups in total. The van der Waals surface area contributed by atoms with Gasteiger partial charge in [-0.3, -0.25) is 4.79 Å². The van der Waals surface area contributed by atoms with E-state index in [9.17, 15) is 4.79 Å². The Morgan fingerprint density at radius 2 is 2.09 bits per heavy atom. The number of carboxylic acid groups (broad SMARTS) is 1. The van der Waals surface area contributed by atoms with E-state index >= 15 is 0 Å². The van der Waals surface area contributed by atoms with Crippen molar-refractivity contribution < 1.29 is 14.6 Å². The minimum Gasteiger partial charge on any atom is -0.481 e. The summed E-state index contributed by atoms with van der Waals surface area (Å²) < 4.78 is 5.07. The Balaban J connectivity index is 2.97. The molecule has 0 rings (SSSR count).